The highest BCUT2D eigenvalue weighted by molar-refractivity contribution is 9.10. The SMILES string of the molecule is CSc1ccccc1Nc1ncc(C)cc1Br. The fourth-order valence-electron chi connectivity index (χ4n) is 1.50. The van der Waals surface area contributed by atoms with Gasteiger partial charge in [-0.25, -0.2) is 4.98 Å². The molecule has 1 N–H and O–H groups in total. The Morgan fingerprint density at radius 1 is 1.29 bits per heavy atom. The molecule has 0 saturated carbocycles. The summed E-state index contributed by atoms with van der Waals surface area (Å²) in [5, 5.41) is 3.34. The van der Waals surface area contributed by atoms with E-state index in [1.54, 1.807) is 11.8 Å². The van der Waals surface area contributed by atoms with Crippen molar-refractivity contribution >= 4 is 39.2 Å². The Balaban J connectivity index is 2.31. The molecule has 0 radical (unpaired) electrons. The molecule has 1 aromatic carbocycles. The number of thioether (sulfide) groups is 1. The maximum Gasteiger partial charge on any atom is 0.144 e. The van der Waals surface area contributed by atoms with Gasteiger partial charge in [-0.1, -0.05) is 12.1 Å². The van der Waals surface area contributed by atoms with Crippen LogP contribution in [-0.4, -0.2) is 11.2 Å². The van der Waals surface area contributed by atoms with Gasteiger partial charge in [0.2, 0.25) is 0 Å². The molecular formula is C13H13BrN2S. The van der Waals surface area contributed by atoms with E-state index in [4.69, 9.17) is 0 Å². The molecule has 0 aliphatic heterocycles. The lowest BCUT2D eigenvalue weighted by Crippen LogP contribution is -1.96. The Labute approximate surface area is 114 Å². The second-order valence-electron chi connectivity index (χ2n) is 3.67. The Kier molecular flexibility index (Phi) is 4.07. The van der Waals surface area contributed by atoms with Gasteiger partial charge in [0.1, 0.15) is 5.82 Å². The van der Waals surface area contributed by atoms with Gasteiger partial charge in [0.05, 0.1) is 10.2 Å². The van der Waals surface area contributed by atoms with Gasteiger partial charge in [0.25, 0.3) is 0 Å². The normalized spacial score (nSPS) is 10.3. The number of anilines is 2. The smallest absolute Gasteiger partial charge is 0.144 e. The topological polar surface area (TPSA) is 24.9 Å². The minimum absolute atomic E-state index is 0.845. The summed E-state index contributed by atoms with van der Waals surface area (Å²) in [6.07, 6.45) is 3.92. The second-order valence-corrected chi connectivity index (χ2v) is 5.37. The number of pyridine rings is 1. The number of benzene rings is 1. The van der Waals surface area contributed by atoms with Crippen molar-refractivity contribution in [2.45, 2.75) is 11.8 Å². The quantitative estimate of drug-likeness (QED) is 0.838. The average Bonchev–Trinajstić information content (AvgIpc) is 2.33. The molecule has 0 fully saturated rings. The molecule has 0 bridgehead atoms. The lowest BCUT2D eigenvalue weighted by molar-refractivity contribution is 1.23. The highest BCUT2D eigenvalue weighted by Crippen LogP contribution is 2.30. The first-order valence-corrected chi connectivity index (χ1v) is 7.24. The lowest BCUT2D eigenvalue weighted by Gasteiger charge is -2.11. The number of nitrogens with one attached hydrogen (secondary N) is 1. The summed E-state index contributed by atoms with van der Waals surface area (Å²) < 4.78 is 0.980. The summed E-state index contributed by atoms with van der Waals surface area (Å²) in [4.78, 5) is 5.59. The third kappa shape index (κ3) is 3.01. The largest absolute Gasteiger partial charge is 0.338 e. The molecule has 0 unspecified atom stereocenters. The van der Waals surface area contributed by atoms with E-state index in [9.17, 15) is 0 Å². The first kappa shape index (κ1) is 12.5. The third-order valence-corrected chi connectivity index (χ3v) is 3.74. The van der Waals surface area contributed by atoms with Crippen LogP contribution in [0.1, 0.15) is 5.56 Å². The second kappa shape index (κ2) is 5.56. The van der Waals surface area contributed by atoms with E-state index >= 15 is 0 Å². The molecule has 17 heavy (non-hydrogen) atoms. The van der Waals surface area contributed by atoms with Crippen LogP contribution in [0.3, 0.4) is 0 Å². The van der Waals surface area contributed by atoms with Crippen LogP contribution >= 0.6 is 27.7 Å². The maximum atomic E-state index is 4.38. The van der Waals surface area contributed by atoms with Gasteiger partial charge < -0.3 is 5.32 Å². The molecule has 88 valence electrons. The van der Waals surface area contributed by atoms with E-state index < -0.39 is 0 Å². The summed E-state index contributed by atoms with van der Waals surface area (Å²) in [5.74, 6) is 0.845. The number of hydrogen-bond acceptors (Lipinski definition) is 3. The van der Waals surface area contributed by atoms with Gasteiger partial charge in [-0.05, 0) is 52.9 Å². The van der Waals surface area contributed by atoms with Crippen molar-refractivity contribution in [3.63, 3.8) is 0 Å². The molecule has 4 heteroatoms. The van der Waals surface area contributed by atoms with Crippen molar-refractivity contribution in [1.29, 1.82) is 0 Å². The monoisotopic (exact) mass is 308 g/mol. The number of nitrogens with zero attached hydrogens (tertiary/aromatic N) is 1. The average molecular weight is 309 g/mol. The first-order chi connectivity index (χ1) is 8.20. The van der Waals surface area contributed by atoms with Crippen LogP contribution < -0.4 is 5.32 Å². The zero-order chi connectivity index (χ0) is 12.3. The first-order valence-electron chi connectivity index (χ1n) is 5.23. The Hall–Kier alpha value is -1.00. The van der Waals surface area contributed by atoms with Crippen LogP contribution in [0.25, 0.3) is 0 Å². The molecule has 1 heterocycles. The third-order valence-electron chi connectivity index (χ3n) is 2.34. The highest BCUT2D eigenvalue weighted by atomic mass is 79.9. The molecular weight excluding hydrogens is 296 g/mol. The van der Waals surface area contributed by atoms with E-state index in [0.29, 0.717) is 0 Å². The zero-order valence-electron chi connectivity index (χ0n) is 9.70. The summed E-state index contributed by atoms with van der Waals surface area (Å²) in [6, 6.07) is 10.3. The molecule has 0 atom stereocenters. The fourth-order valence-corrected chi connectivity index (χ4v) is 2.62. The van der Waals surface area contributed by atoms with Crippen molar-refractivity contribution in [1.82, 2.24) is 4.98 Å². The minimum Gasteiger partial charge on any atom is -0.338 e. The maximum absolute atomic E-state index is 4.38. The van der Waals surface area contributed by atoms with Crippen molar-refractivity contribution in [3.05, 3.63) is 46.6 Å². The van der Waals surface area contributed by atoms with Gasteiger partial charge in [-0.15, -0.1) is 11.8 Å². The zero-order valence-corrected chi connectivity index (χ0v) is 12.1. The molecule has 0 aliphatic carbocycles. The molecule has 0 aliphatic rings. The van der Waals surface area contributed by atoms with E-state index in [1.807, 2.05) is 25.3 Å². The fraction of sp³-hybridized carbons (Fsp3) is 0.154. The van der Waals surface area contributed by atoms with Crippen LogP contribution in [0.4, 0.5) is 11.5 Å². The van der Waals surface area contributed by atoms with Gasteiger partial charge in [0, 0.05) is 11.1 Å². The number of aryl methyl sites for hydroxylation is 1. The van der Waals surface area contributed by atoms with E-state index in [2.05, 4.69) is 50.7 Å². The van der Waals surface area contributed by atoms with Crippen LogP contribution in [0.2, 0.25) is 0 Å². The predicted molar refractivity (Wildman–Crippen MR) is 78.2 cm³/mol. The number of halogens is 1. The summed E-state index contributed by atoms with van der Waals surface area (Å²) in [6.45, 7) is 2.03. The summed E-state index contributed by atoms with van der Waals surface area (Å²) in [5.41, 5.74) is 2.22. The van der Waals surface area contributed by atoms with Gasteiger partial charge in [-0.2, -0.15) is 0 Å². The van der Waals surface area contributed by atoms with Crippen LogP contribution in [0, 0.1) is 6.92 Å². The lowest BCUT2D eigenvalue weighted by atomic mass is 10.3. The van der Waals surface area contributed by atoms with E-state index in [-0.39, 0.29) is 0 Å². The molecule has 2 nitrogen and oxygen atoms in total. The van der Waals surface area contributed by atoms with E-state index in [1.165, 1.54) is 4.90 Å². The number of para-hydroxylation sites is 1. The Morgan fingerprint density at radius 2 is 2.06 bits per heavy atom. The molecule has 1 aromatic heterocycles. The predicted octanol–water partition coefficient (Wildman–Crippen LogP) is 4.62. The molecule has 0 saturated heterocycles. The highest BCUT2D eigenvalue weighted by Gasteiger charge is 2.05. The van der Waals surface area contributed by atoms with Crippen LogP contribution in [0.15, 0.2) is 45.9 Å². The minimum atomic E-state index is 0.845. The van der Waals surface area contributed by atoms with E-state index in [0.717, 1.165) is 21.5 Å². The van der Waals surface area contributed by atoms with Crippen molar-refractivity contribution in [3.8, 4) is 0 Å². The Morgan fingerprint density at radius 3 is 2.76 bits per heavy atom. The molecule has 2 rings (SSSR count). The van der Waals surface area contributed by atoms with Gasteiger partial charge in [0.15, 0.2) is 0 Å². The molecule has 0 spiro atoms. The van der Waals surface area contributed by atoms with Crippen molar-refractivity contribution < 1.29 is 0 Å². The van der Waals surface area contributed by atoms with Crippen LogP contribution in [-0.2, 0) is 0 Å². The molecule has 0 amide bonds. The van der Waals surface area contributed by atoms with Crippen molar-refractivity contribution in [2.24, 2.45) is 0 Å². The molecule has 2 aromatic rings. The van der Waals surface area contributed by atoms with Crippen molar-refractivity contribution in [2.75, 3.05) is 11.6 Å². The van der Waals surface area contributed by atoms with Gasteiger partial charge in [-0.3, -0.25) is 0 Å². The number of rotatable bonds is 3. The Bertz CT molecular complexity index is 529. The summed E-state index contributed by atoms with van der Waals surface area (Å²) >= 11 is 5.24. The number of aromatic nitrogens is 1. The van der Waals surface area contributed by atoms with Gasteiger partial charge >= 0.3 is 0 Å². The number of hydrogen-bond donors (Lipinski definition) is 1. The summed E-state index contributed by atoms with van der Waals surface area (Å²) in [7, 11) is 0. The van der Waals surface area contributed by atoms with Crippen LogP contribution in [0.5, 0.6) is 0 Å². The standard InChI is InChI=1S/C13H13BrN2S/c1-9-7-10(14)13(15-8-9)16-11-5-3-4-6-12(11)17-2/h3-8H,1-2H3,(H,15,16).